The van der Waals surface area contributed by atoms with E-state index in [9.17, 15) is 19.0 Å². The van der Waals surface area contributed by atoms with Gasteiger partial charge in [-0.25, -0.2) is 0 Å². The van der Waals surface area contributed by atoms with Gasteiger partial charge in [-0.2, -0.15) is 0 Å². The van der Waals surface area contributed by atoms with Gasteiger partial charge < -0.3 is 27.9 Å². The molecule has 0 saturated heterocycles. The number of nitrogens with zero attached hydrogens (tertiary/aromatic N) is 1. The third-order valence-corrected chi connectivity index (χ3v) is 13.8. The van der Waals surface area contributed by atoms with Gasteiger partial charge in [-0.3, -0.25) is 14.2 Å². The van der Waals surface area contributed by atoms with Gasteiger partial charge in [0.2, 0.25) is 0 Å². The highest BCUT2D eigenvalue weighted by atomic mass is 31.2. The summed E-state index contributed by atoms with van der Waals surface area (Å²) in [6, 6.07) is 0. The molecule has 9 nitrogen and oxygen atoms in total. The van der Waals surface area contributed by atoms with Crippen LogP contribution in [0.4, 0.5) is 0 Å². The van der Waals surface area contributed by atoms with Crippen LogP contribution < -0.4 is 4.89 Å². The lowest BCUT2D eigenvalue weighted by Gasteiger charge is -2.28. The first-order chi connectivity index (χ1) is 34.0. The van der Waals surface area contributed by atoms with Crippen LogP contribution in [-0.4, -0.2) is 70.0 Å². The quantitative estimate of drug-likeness (QED) is 0.0195. The van der Waals surface area contributed by atoms with Crippen molar-refractivity contribution < 1.29 is 42.1 Å². The number of carbonyl (C=O) groups excluding carboxylic acids is 2. The fraction of sp³-hybridized carbons (Fsp3) is 0.833. The van der Waals surface area contributed by atoms with Crippen molar-refractivity contribution in [3.8, 4) is 0 Å². The summed E-state index contributed by atoms with van der Waals surface area (Å²) in [4.78, 5) is 37.8. The normalized spacial score (nSPS) is 13.6. The minimum Gasteiger partial charge on any atom is -0.756 e. The molecule has 410 valence electrons. The molecule has 0 saturated carbocycles. The van der Waals surface area contributed by atoms with E-state index >= 15 is 0 Å². The molecule has 0 N–H and O–H groups in total. The lowest BCUT2D eigenvalue weighted by atomic mass is 10.0. The fourth-order valence-electron chi connectivity index (χ4n) is 8.36. The number of carbonyl (C=O) groups is 2. The summed E-state index contributed by atoms with van der Waals surface area (Å²) in [5, 5.41) is 0. The van der Waals surface area contributed by atoms with Crippen LogP contribution in [0.2, 0.25) is 0 Å². The predicted octanol–water partition coefficient (Wildman–Crippen LogP) is 17.5. The Bertz CT molecular complexity index is 1320. The van der Waals surface area contributed by atoms with Gasteiger partial charge in [0.15, 0.2) is 6.10 Å². The zero-order valence-electron chi connectivity index (χ0n) is 46.5. The summed E-state index contributed by atoms with van der Waals surface area (Å²) < 4.78 is 34.1. The highest BCUT2D eigenvalue weighted by Crippen LogP contribution is 2.38. The lowest BCUT2D eigenvalue weighted by Crippen LogP contribution is -2.37. The number of phosphoric acid groups is 1. The van der Waals surface area contributed by atoms with Crippen molar-refractivity contribution >= 4 is 19.8 Å². The molecule has 0 aromatic rings. The van der Waals surface area contributed by atoms with Gasteiger partial charge in [-0.05, 0) is 51.4 Å². The van der Waals surface area contributed by atoms with E-state index in [0.29, 0.717) is 17.4 Å². The van der Waals surface area contributed by atoms with Crippen molar-refractivity contribution in [1.29, 1.82) is 0 Å². The number of ether oxygens (including phenoxy) is 2. The average molecular weight is 1010 g/mol. The molecule has 0 aliphatic rings. The van der Waals surface area contributed by atoms with E-state index in [1.807, 2.05) is 21.1 Å². The van der Waals surface area contributed by atoms with Crippen LogP contribution in [0.1, 0.15) is 271 Å². The summed E-state index contributed by atoms with van der Waals surface area (Å²) in [5.74, 6) is -0.819. The van der Waals surface area contributed by atoms with E-state index in [2.05, 4.69) is 62.5 Å². The topological polar surface area (TPSA) is 111 Å². The van der Waals surface area contributed by atoms with Crippen LogP contribution in [-0.2, 0) is 32.7 Å². The van der Waals surface area contributed by atoms with E-state index < -0.39 is 26.5 Å². The van der Waals surface area contributed by atoms with Crippen molar-refractivity contribution in [2.24, 2.45) is 0 Å². The van der Waals surface area contributed by atoms with Crippen molar-refractivity contribution in [1.82, 2.24) is 0 Å². The molecule has 0 aliphatic heterocycles. The molecule has 0 rings (SSSR count). The molecule has 0 bridgehead atoms. The van der Waals surface area contributed by atoms with E-state index in [1.165, 1.54) is 173 Å². The third-order valence-electron chi connectivity index (χ3n) is 12.9. The maximum absolute atomic E-state index is 12.8. The van der Waals surface area contributed by atoms with Crippen LogP contribution >= 0.6 is 7.82 Å². The molecular weight excluding hydrogens is 894 g/mol. The molecule has 0 amide bonds. The van der Waals surface area contributed by atoms with Gasteiger partial charge in [0.05, 0.1) is 27.7 Å². The van der Waals surface area contributed by atoms with Crippen LogP contribution in [0.15, 0.2) is 48.6 Å². The van der Waals surface area contributed by atoms with E-state index in [-0.39, 0.29) is 32.0 Å². The number of likely N-dealkylation sites (N-methyl/N-ethyl adjacent to an activating group) is 1. The predicted molar refractivity (Wildman–Crippen MR) is 296 cm³/mol. The van der Waals surface area contributed by atoms with Gasteiger partial charge in [0.25, 0.3) is 7.82 Å². The van der Waals surface area contributed by atoms with Crippen molar-refractivity contribution in [2.45, 2.75) is 277 Å². The Morgan fingerprint density at radius 3 is 1.21 bits per heavy atom. The largest absolute Gasteiger partial charge is 0.756 e. The number of hydrogen-bond donors (Lipinski definition) is 0. The first-order valence-corrected chi connectivity index (χ1v) is 30.8. The SMILES string of the molecule is CC/C=C\C/C=C\C/C=C\C/C=C\CCCCCCCCCCCCCCCCCCCCC(=O)OC(COC(=O)CCCCCCCCCCCCCCCCC)COP(=O)([O-])OCC[N+](C)(C)C. The molecular formula is C60H112NO8P. The monoisotopic (exact) mass is 1010 g/mol. The maximum atomic E-state index is 12.8. The second-order valence-electron chi connectivity index (χ2n) is 21.0. The average Bonchev–Trinajstić information content (AvgIpc) is 3.32. The number of hydrogen-bond acceptors (Lipinski definition) is 8. The zero-order valence-corrected chi connectivity index (χ0v) is 47.4. The maximum Gasteiger partial charge on any atom is 0.306 e. The summed E-state index contributed by atoms with van der Waals surface area (Å²) in [7, 11) is 1.18. The van der Waals surface area contributed by atoms with Crippen molar-refractivity contribution in [3.05, 3.63) is 48.6 Å². The van der Waals surface area contributed by atoms with Crippen molar-refractivity contribution in [2.75, 3.05) is 47.5 Å². The van der Waals surface area contributed by atoms with Gasteiger partial charge >= 0.3 is 11.9 Å². The number of rotatable bonds is 54. The van der Waals surface area contributed by atoms with Gasteiger partial charge in [-0.15, -0.1) is 0 Å². The summed E-state index contributed by atoms with van der Waals surface area (Å²) in [5.41, 5.74) is 0. The van der Waals surface area contributed by atoms with Crippen LogP contribution in [0.5, 0.6) is 0 Å². The van der Waals surface area contributed by atoms with Crippen LogP contribution in [0.25, 0.3) is 0 Å². The molecule has 0 heterocycles. The Hall–Kier alpha value is -2.03. The smallest absolute Gasteiger partial charge is 0.306 e. The molecule has 2 atom stereocenters. The highest BCUT2D eigenvalue weighted by molar-refractivity contribution is 7.45. The zero-order chi connectivity index (χ0) is 51.3. The minimum atomic E-state index is -4.63. The molecule has 10 heteroatoms. The summed E-state index contributed by atoms with van der Waals surface area (Å²) in [6.45, 7) is 4.16. The molecule has 0 aliphatic carbocycles. The number of phosphoric ester groups is 1. The van der Waals surface area contributed by atoms with E-state index in [1.54, 1.807) is 0 Å². The summed E-state index contributed by atoms with van der Waals surface area (Å²) in [6.07, 6.45) is 64.5. The molecule has 0 aromatic heterocycles. The Labute approximate surface area is 433 Å². The summed E-state index contributed by atoms with van der Waals surface area (Å²) >= 11 is 0. The highest BCUT2D eigenvalue weighted by Gasteiger charge is 2.22. The first-order valence-electron chi connectivity index (χ1n) is 29.3. The van der Waals surface area contributed by atoms with E-state index in [0.717, 1.165) is 64.2 Å². The molecule has 0 aromatic carbocycles. The van der Waals surface area contributed by atoms with Crippen LogP contribution in [0, 0.1) is 0 Å². The van der Waals surface area contributed by atoms with Crippen LogP contribution in [0.3, 0.4) is 0 Å². The standard InChI is InChI=1S/C60H112NO8P/c1-6-8-10-12-14-16-18-20-22-23-24-25-26-27-28-29-30-31-32-33-34-35-36-37-39-41-43-45-47-49-51-53-60(63)69-58(57-68-70(64,65)67-55-54-61(3,4)5)56-66-59(62)52-50-48-46-44-42-40-38-21-19-17-15-13-11-9-7-2/h8,10,14,16,20,22,24-25,58H,6-7,9,11-13,15,17-19,21,23,26-57H2,1-5H3/b10-8-,16-14-,22-20-,25-24-. The number of quaternary nitrogens is 1. The van der Waals surface area contributed by atoms with Gasteiger partial charge in [-0.1, -0.05) is 255 Å². The minimum absolute atomic E-state index is 0.0287. The number of unbranched alkanes of at least 4 members (excludes halogenated alkanes) is 32. The number of esters is 2. The molecule has 0 radical (unpaired) electrons. The lowest BCUT2D eigenvalue weighted by molar-refractivity contribution is -0.870. The van der Waals surface area contributed by atoms with Crippen molar-refractivity contribution in [3.63, 3.8) is 0 Å². The molecule has 70 heavy (non-hydrogen) atoms. The third kappa shape index (κ3) is 55.3. The molecule has 0 fully saturated rings. The Morgan fingerprint density at radius 2 is 0.814 bits per heavy atom. The molecule has 0 spiro atoms. The number of allylic oxidation sites excluding steroid dienone is 8. The second kappa shape index (κ2) is 51.9. The first kappa shape index (κ1) is 68.0. The Kier molecular flexibility index (Phi) is 50.4. The van der Waals surface area contributed by atoms with E-state index in [4.69, 9.17) is 18.5 Å². The van der Waals surface area contributed by atoms with Gasteiger partial charge in [0, 0.05) is 12.8 Å². The van der Waals surface area contributed by atoms with Gasteiger partial charge in [0.1, 0.15) is 19.8 Å². The Morgan fingerprint density at radius 1 is 0.457 bits per heavy atom. The molecule has 2 unspecified atom stereocenters. The second-order valence-corrected chi connectivity index (χ2v) is 22.4. The Balaban J connectivity index is 4.04. The fourth-order valence-corrected chi connectivity index (χ4v) is 9.08.